The molecule has 0 spiro atoms. The van der Waals surface area contributed by atoms with E-state index in [1.165, 1.54) is 11.3 Å². The molecule has 1 aromatic heterocycles. The summed E-state index contributed by atoms with van der Waals surface area (Å²) in [7, 11) is 3.99. The van der Waals surface area contributed by atoms with Gasteiger partial charge in [-0.25, -0.2) is 0 Å². The molecule has 0 atom stereocenters. The Morgan fingerprint density at radius 1 is 0.967 bits per heavy atom. The third-order valence-electron chi connectivity index (χ3n) is 4.88. The summed E-state index contributed by atoms with van der Waals surface area (Å²) >= 11 is 1.52. The fourth-order valence-corrected chi connectivity index (χ4v) is 4.56. The molecule has 0 aliphatic rings. The number of aromatic hydroxyl groups is 1. The van der Waals surface area contributed by atoms with Crippen LogP contribution in [0.4, 0.5) is 0 Å². The average molecular weight is 418 g/mol. The van der Waals surface area contributed by atoms with Crippen molar-refractivity contribution in [3.63, 3.8) is 0 Å². The molecule has 0 aliphatic heterocycles. The molecular weight excluding hydrogens is 394 g/mol. The Morgan fingerprint density at radius 2 is 1.70 bits per heavy atom. The SMILES string of the molecule is CN(C)CCOc1ccc(C(=O)c2c(-c3ccccc3)sc3cccc(O)c23)cc1. The minimum absolute atomic E-state index is 0.110. The molecule has 1 N–H and O–H groups in total. The number of phenols is 1. The number of ether oxygens (including phenoxy) is 1. The van der Waals surface area contributed by atoms with Crippen molar-refractivity contribution in [3.05, 3.63) is 83.9 Å². The Balaban J connectivity index is 1.72. The number of carbonyl (C=O) groups excluding carboxylic acids is 1. The zero-order chi connectivity index (χ0) is 21.1. The molecular formula is C25H23NO3S. The van der Waals surface area contributed by atoms with Gasteiger partial charge in [0.1, 0.15) is 18.1 Å². The van der Waals surface area contributed by atoms with Crippen LogP contribution in [0.25, 0.3) is 20.5 Å². The lowest BCUT2D eigenvalue weighted by atomic mass is 9.97. The Kier molecular flexibility index (Phi) is 5.84. The number of rotatable bonds is 7. The van der Waals surface area contributed by atoms with Crippen LogP contribution in [0.1, 0.15) is 15.9 Å². The van der Waals surface area contributed by atoms with Crippen LogP contribution in [0.15, 0.2) is 72.8 Å². The predicted octanol–water partition coefficient (Wildman–Crippen LogP) is 5.45. The number of fused-ring (bicyclic) bond motifs is 1. The van der Waals surface area contributed by atoms with Gasteiger partial charge in [-0.3, -0.25) is 4.79 Å². The maximum absolute atomic E-state index is 13.5. The quantitative estimate of drug-likeness (QED) is 0.407. The third-order valence-corrected chi connectivity index (χ3v) is 6.08. The lowest BCUT2D eigenvalue weighted by Crippen LogP contribution is -2.19. The van der Waals surface area contributed by atoms with E-state index in [4.69, 9.17) is 4.74 Å². The number of thiophene rings is 1. The van der Waals surface area contributed by atoms with E-state index in [-0.39, 0.29) is 11.5 Å². The minimum Gasteiger partial charge on any atom is -0.507 e. The molecule has 0 radical (unpaired) electrons. The topological polar surface area (TPSA) is 49.8 Å². The zero-order valence-electron chi connectivity index (χ0n) is 17.0. The van der Waals surface area contributed by atoms with Crippen LogP contribution in [-0.2, 0) is 0 Å². The maximum Gasteiger partial charge on any atom is 0.195 e. The fourth-order valence-electron chi connectivity index (χ4n) is 3.33. The Hall–Kier alpha value is -3.15. The highest BCUT2D eigenvalue weighted by Gasteiger charge is 2.23. The number of hydrogen-bond acceptors (Lipinski definition) is 5. The average Bonchev–Trinajstić information content (AvgIpc) is 3.15. The summed E-state index contributed by atoms with van der Waals surface area (Å²) in [6, 6.07) is 22.4. The van der Waals surface area contributed by atoms with E-state index in [1.807, 2.05) is 62.6 Å². The van der Waals surface area contributed by atoms with Crippen molar-refractivity contribution in [2.45, 2.75) is 0 Å². The van der Waals surface area contributed by atoms with Gasteiger partial charge in [-0.2, -0.15) is 0 Å². The van der Waals surface area contributed by atoms with Crippen molar-refractivity contribution in [1.29, 1.82) is 0 Å². The standard InChI is InChI=1S/C25H23NO3S/c1-26(2)15-16-29-19-13-11-17(12-14-19)24(28)23-22-20(27)9-6-10-21(22)30-25(23)18-7-4-3-5-8-18/h3-14,27H,15-16H2,1-2H3. The molecule has 4 rings (SSSR count). The van der Waals surface area contributed by atoms with Gasteiger partial charge in [0.25, 0.3) is 0 Å². The molecule has 3 aromatic carbocycles. The van der Waals surface area contributed by atoms with Gasteiger partial charge < -0.3 is 14.7 Å². The molecule has 0 fully saturated rings. The lowest BCUT2D eigenvalue weighted by Gasteiger charge is -2.11. The van der Waals surface area contributed by atoms with Crippen molar-refractivity contribution in [1.82, 2.24) is 4.90 Å². The van der Waals surface area contributed by atoms with Gasteiger partial charge in [-0.1, -0.05) is 36.4 Å². The molecule has 4 nitrogen and oxygen atoms in total. The highest BCUT2D eigenvalue weighted by molar-refractivity contribution is 7.22. The first-order valence-corrected chi connectivity index (χ1v) is 10.6. The van der Waals surface area contributed by atoms with Crippen LogP contribution in [-0.4, -0.2) is 43.0 Å². The summed E-state index contributed by atoms with van der Waals surface area (Å²) in [6.07, 6.45) is 0. The fraction of sp³-hybridized carbons (Fsp3) is 0.160. The van der Waals surface area contributed by atoms with E-state index in [2.05, 4.69) is 4.90 Å². The van der Waals surface area contributed by atoms with Gasteiger partial charge in [-0.15, -0.1) is 11.3 Å². The van der Waals surface area contributed by atoms with Gasteiger partial charge in [0.2, 0.25) is 0 Å². The Bertz CT molecular complexity index is 1160. The smallest absolute Gasteiger partial charge is 0.195 e. The molecule has 0 saturated carbocycles. The molecule has 0 bridgehead atoms. The van der Waals surface area contributed by atoms with Crippen molar-refractivity contribution in [2.24, 2.45) is 0 Å². The van der Waals surface area contributed by atoms with Crippen LogP contribution in [0.5, 0.6) is 11.5 Å². The van der Waals surface area contributed by atoms with Crippen molar-refractivity contribution in [3.8, 4) is 21.9 Å². The monoisotopic (exact) mass is 417 g/mol. The highest BCUT2D eigenvalue weighted by Crippen LogP contribution is 2.43. The largest absolute Gasteiger partial charge is 0.507 e. The number of carbonyl (C=O) groups is 1. The highest BCUT2D eigenvalue weighted by atomic mass is 32.1. The normalized spacial score (nSPS) is 11.2. The summed E-state index contributed by atoms with van der Waals surface area (Å²) < 4.78 is 6.62. The molecule has 0 unspecified atom stereocenters. The van der Waals surface area contributed by atoms with Crippen LogP contribution in [0.3, 0.4) is 0 Å². The molecule has 1 heterocycles. The number of phenolic OH excluding ortho intramolecular Hbond substituents is 1. The van der Waals surface area contributed by atoms with Crippen LogP contribution in [0.2, 0.25) is 0 Å². The lowest BCUT2D eigenvalue weighted by molar-refractivity contribution is 0.104. The first-order valence-electron chi connectivity index (χ1n) is 9.77. The van der Waals surface area contributed by atoms with Gasteiger partial charge in [0.05, 0.1) is 5.56 Å². The van der Waals surface area contributed by atoms with Crippen molar-refractivity contribution < 1.29 is 14.6 Å². The Morgan fingerprint density at radius 3 is 2.40 bits per heavy atom. The van der Waals surface area contributed by atoms with Crippen LogP contribution >= 0.6 is 11.3 Å². The second-order valence-electron chi connectivity index (χ2n) is 7.33. The Labute approximate surface area is 180 Å². The second-order valence-corrected chi connectivity index (χ2v) is 8.38. The molecule has 0 aliphatic carbocycles. The van der Waals surface area contributed by atoms with E-state index in [9.17, 15) is 9.90 Å². The van der Waals surface area contributed by atoms with E-state index < -0.39 is 0 Å². The number of benzene rings is 3. The molecule has 0 saturated heterocycles. The first-order chi connectivity index (χ1) is 14.5. The van der Waals surface area contributed by atoms with Gasteiger partial charge in [-0.05, 0) is 56.1 Å². The van der Waals surface area contributed by atoms with Crippen LogP contribution in [0, 0.1) is 0 Å². The molecule has 0 amide bonds. The van der Waals surface area contributed by atoms with E-state index >= 15 is 0 Å². The number of ketones is 1. The number of hydrogen-bond donors (Lipinski definition) is 1. The van der Waals surface area contributed by atoms with E-state index in [0.29, 0.717) is 23.1 Å². The molecule has 5 heteroatoms. The molecule has 4 aromatic rings. The van der Waals surface area contributed by atoms with Crippen LogP contribution < -0.4 is 4.74 Å². The van der Waals surface area contributed by atoms with Gasteiger partial charge in [0, 0.05) is 27.1 Å². The van der Waals surface area contributed by atoms with Crippen molar-refractivity contribution >= 4 is 27.2 Å². The molecule has 30 heavy (non-hydrogen) atoms. The predicted molar refractivity (Wildman–Crippen MR) is 123 cm³/mol. The zero-order valence-corrected chi connectivity index (χ0v) is 17.8. The third kappa shape index (κ3) is 4.08. The summed E-state index contributed by atoms with van der Waals surface area (Å²) in [5, 5.41) is 11.1. The minimum atomic E-state index is -0.110. The summed E-state index contributed by atoms with van der Waals surface area (Å²) in [5.41, 5.74) is 2.07. The maximum atomic E-state index is 13.5. The van der Waals surface area contributed by atoms with Gasteiger partial charge >= 0.3 is 0 Å². The van der Waals surface area contributed by atoms with Gasteiger partial charge in [0.15, 0.2) is 5.78 Å². The van der Waals surface area contributed by atoms with Crippen molar-refractivity contribution in [2.75, 3.05) is 27.2 Å². The summed E-state index contributed by atoms with van der Waals surface area (Å²) in [4.78, 5) is 16.4. The molecule has 152 valence electrons. The van der Waals surface area contributed by atoms with E-state index in [0.717, 1.165) is 27.4 Å². The van der Waals surface area contributed by atoms with E-state index in [1.54, 1.807) is 24.3 Å². The number of nitrogens with zero attached hydrogens (tertiary/aromatic N) is 1. The summed E-state index contributed by atoms with van der Waals surface area (Å²) in [6.45, 7) is 1.41. The first kappa shape index (κ1) is 20.1. The second kappa shape index (κ2) is 8.69. The summed E-state index contributed by atoms with van der Waals surface area (Å²) in [5.74, 6) is 0.745. The number of likely N-dealkylation sites (N-methyl/N-ethyl adjacent to an activating group) is 1.